The number of hydrogen-bond donors (Lipinski definition) is 1. The summed E-state index contributed by atoms with van der Waals surface area (Å²) in [7, 11) is -2.06. The number of carbonyl (C=O) groups is 1. The molecule has 1 amide bonds. The molecule has 1 aromatic carbocycles. The number of aromatic amines is 1. The Kier molecular flexibility index (Phi) is 5.97. The van der Waals surface area contributed by atoms with Crippen molar-refractivity contribution in [2.24, 2.45) is 0 Å². The molecule has 2 aromatic rings. The first-order valence-corrected chi connectivity index (χ1v) is 9.98. The van der Waals surface area contributed by atoms with Crippen molar-refractivity contribution < 1.29 is 22.7 Å². The highest BCUT2D eigenvalue weighted by atomic mass is 32.2. The van der Waals surface area contributed by atoms with Crippen LogP contribution < -0.4 is 9.47 Å². The van der Waals surface area contributed by atoms with Crippen LogP contribution in [0, 0.1) is 0 Å². The SMILES string of the molecule is COc1cccc(OCC(=O)N2CCCN(S(=O)(=O)c3cnc[nH]3)CC2)c1. The van der Waals surface area contributed by atoms with E-state index in [1.807, 2.05) is 0 Å². The summed E-state index contributed by atoms with van der Waals surface area (Å²) in [6.07, 6.45) is 3.17. The molecule has 1 saturated heterocycles. The fraction of sp³-hybridized carbons (Fsp3) is 0.412. The van der Waals surface area contributed by atoms with Gasteiger partial charge < -0.3 is 19.4 Å². The van der Waals surface area contributed by atoms with Crippen LogP contribution in [-0.4, -0.2) is 73.4 Å². The third-order valence-electron chi connectivity index (χ3n) is 4.30. The number of benzene rings is 1. The summed E-state index contributed by atoms with van der Waals surface area (Å²) in [5.41, 5.74) is 0. The van der Waals surface area contributed by atoms with E-state index in [4.69, 9.17) is 9.47 Å². The van der Waals surface area contributed by atoms with Gasteiger partial charge in [0.2, 0.25) is 0 Å². The minimum Gasteiger partial charge on any atom is -0.497 e. The number of H-pyrrole nitrogens is 1. The summed E-state index contributed by atoms with van der Waals surface area (Å²) >= 11 is 0. The lowest BCUT2D eigenvalue weighted by Crippen LogP contribution is -2.39. The molecule has 1 aliphatic rings. The van der Waals surface area contributed by atoms with Crippen molar-refractivity contribution >= 4 is 15.9 Å². The zero-order valence-electron chi connectivity index (χ0n) is 15.0. The Morgan fingerprint density at radius 2 is 2.04 bits per heavy atom. The van der Waals surface area contributed by atoms with E-state index in [0.29, 0.717) is 37.6 Å². The maximum Gasteiger partial charge on any atom is 0.260 e. The van der Waals surface area contributed by atoms with E-state index < -0.39 is 10.0 Å². The van der Waals surface area contributed by atoms with E-state index in [1.54, 1.807) is 36.3 Å². The molecule has 146 valence electrons. The number of nitrogens with one attached hydrogen (secondary N) is 1. The third kappa shape index (κ3) is 4.58. The van der Waals surface area contributed by atoms with Crippen molar-refractivity contribution in [1.82, 2.24) is 19.2 Å². The molecule has 2 heterocycles. The van der Waals surface area contributed by atoms with Gasteiger partial charge in [-0.2, -0.15) is 4.31 Å². The predicted octanol–water partition coefficient (Wildman–Crippen LogP) is 0.720. The van der Waals surface area contributed by atoms with Gasteiger partial charge in [-0.25, -0.2) is 13.4 Å². The van der Waals surface area contributed by atoms with Crippen molar-refractivity contribution in [2.75, 3.05) is 39.9 Å². The summed E-state index contributed by atoms with van der Waals surface area (Å²) in [4.78, 5) is 20.5. The van der Waals surface area contributed by atoms with E-state index in [1.165, 1.54) is 16.8 Å². The van der Waals surface area contributed by atoms with Crippen LogP contribution in [-0.2, 0) is 14.8 Å². The lowest BCUT2D eigenvalue weighted by Gasteiger charge is -2.21. The molecule has 1 fully saturated rings. The zero-order valence-corrected chi connectivity index (χ0v) is 15.8. The molecule has 0 spiro atoms. The van der Waals surface area contributed by atoms with Crippen LogP contribution >= 0.6 is 0 Å². The van der Waals surface area contributed by atoms with Gasteiger partial charge in [0.1, 0.15) is 11.5 Å². The van der Waals surface area contributed by atoms with Crippen molar-refractivity contribution in [3.63, 3.8) is 0 Å². The van der Waals surface area contributed by atoms with Crippen LogP contribution in [0.3, 0.4) is 0 Å². The lowest BCUT2D eigenvalue weighted by molar-refractivity contribution is -0.133. The molecule has 0 unspecified atom stereocenters. The second-order valence-corrected chi connectivity index (χ2v) is 7.93. The normalized spacial score (nSPS) is 16.0. The summed E-state index contributed by atoms with van der Waals surface area (Å²) in [5.74, 6) is 1.01. The average Bonchev–Trinajstić information content (AvgIpc) is 3.11. The molecule has 10 heteroatoms. The number of rotatable bonds is 6. The number of hydrogen-bond acceptors (Lipinski definition) is 6. The highest BCUT2D eigenvalue weighted by Crippen LogP contribution is 2.19. The Balaban J connectivity index is 1.56. The maximum atomic E-state index is 12.6. The zero-order chi connectivity index (χ0) is 19.3. The number of aromatic nitrogens is 2. The third-order valence-corrected chi connectivity index (χ3v) is 6.13. The quantitative estimate of drug-likeness (QED) is 0.774. The standard InChI is InChI=1S/C17H22N4O5S/c1-25-14-4-2-5-15(10-14)26-12-17(22)20-6-3-7-21(9-8-20)27(23,24)16-11-18-13-19-16/h2,4-5,10-11,13H,3,6-9,12H2,1H3,(H,18,19). The summed E-state index contributed by atoms with van der Waals surface area (Å²) < 4.78 is 37.2. The molecule has 9 nitrogen and oxygen atoms in total. The molecule has 0 saturated carbocycles. The molecule has 1 aromatic heterocycles. The van der Waals surface area contributed by atoms with Crippen LogP contribution in [0.4, 0.5) is 0 Å². The molecular weight excluding hydrogens is 372 g/mol. The van der Waals surface area contributed by atoms with Crippen molar-refractivity contribution in [3.05, 3.63) is 36.8 Å². The van der Waals surface area contributed by atoms with Crippen LogP contribution in [0.25, 0.3) is 0 Å². The van der Waals surface area contributed by atoms with Gasteiger partial charge in [-0.1, -0.05) is 6.07 Å². The second kappa shape index (κ2) is 8.40. The van der Waals surface area contributed by atoms with Gasteiger partial charge in [-0.15, -0.1) is 0 Å². The highest BCUT2D eigenvalue weighted by Gasteiger charge is 2.29. The Labute approximate surface area is 158 Å². The summed E-state index contributed by atoms with van der Waals surface area (Å²) in [6.45, 7) is 1.26. The van der Waals surface area contributed by atoms with Crippen LogP contribution in [0.2, 0.25) is 0 Å². The van der Waals surface area contributed by atoms with Crippen LogP contribution in [0.1, 0.15) is 6.42 Å². The van der Waals surface area contributed by atoms with E-state index in [2.05, 4.69) is 9.97 Å². The van der Waals surface area contributed by atoms with Crippen LogP contribution in [0.5, 0.6) is 11.5 Å². The smallest absolute Gasteiger partial charge is 0.260 e. The molecule has 0 radical (unpaired) electrons. The van der Waals surface area contributed by atoms with Gasteiger partial charge in [0.15, 0.2) is 11.6 Å². The minimum atomic E-state index is -3.62. The Hall–Kier alpha value is -2.59. The molecule has 1 aliphatic heterocycles. The monoisotopic (exact) mass is 394 g/mol. The molecule has 0 atom stereocenters. The number of amides is 1. The molecule has 3 rings (SSSR count). The Bertz CT molecular complexity index is 869. The first-order valence-electron chi connectivity index (χ1n) is 8.54. The largest absolute Gasteiger partial charge is 0.497 e. The van der Waals surface area contributed by atoms with Crippen molar-refractivity contribution in [3.8, 4) is 11.5 Å². The van der Waals surface area contributed by atoms with Crippen LogP contribution in [0.15, 0.2) is 41.8 Å². The van der Waals surface area contributed by atoms with Gasteiger partial charge >= 0.3 is 0 Å². The second-order valence-electron chi connectivity index (χ2n) is 6.02. The van der Waals surface area contributed by atoms with Gasteiger partial charge in [0, 0.05) is 32.2 Å². The first-order chi connectivity index (χ1) is 13.0. The number of carbonyl (C=O) groups excluding carboxylic acids is 1. The molecule has 1 N–H and O–H groups in total. The minimum absolute atomic E-state index is 0.0589. The molecule has 27 heavy (non-hydrogen) atoms. The number of sulfonamides is 1. The Morgan fingerprint density at radius 1 is 1.22 bits per heavy atom. The fourth-order valence-corrected chi connectivity index (χ4v) is 4.20. The number of methoxy groups -OCH3 is 1. The van der Waals surface area contributed by atoms with Gasteiger partial charge in [0.05, 0.1) is 19.6 Å². The topological polar surface area (TPSA) is 105 Å². The van der Waals surface area contributed by atoms with Gasteiger partial charge in [0.25, 0.3) is 15.9 Å². The first kappa shape index (κ1) is 19.2. The average molecular weight is 394 g/mol. The Morgan fingerprint density at radius 3 is 2.78 bits per heavy atom. The molecular formula is C17H22N4O5S. The van der Waals surface area contributed by atoms with Gasteiger partial charge in [-0.05, 0) is 18.6 Å². The number of ether oxygens (including phenoxy) is 2. The van der Waals surface area contributed by atoms with E-state index in [0.717, 1.165) is 0 Å². The van der Waals surface area contributed by atoms with E-state index in [-0.39, 0.29) is 24.1 Å². The highest BCUT2D eigenvalue weighted by molar-refractivity contribution is 7.89. The fourth-order valence-electron chi connectivity index (χ4n) is 2.83. The van der Waals surface area contributed by atoms with Crippen molar-refractivity contribution in [2.45, 2.75) is 11.4 Å². The lowest BCUT2D eigenvalue weighted by atomic mass is 10.3. The molecule has 0 bridgehead atoms. The summed E-state index contributed by atoms with van der Waals surface area (Å²) in [6, 6.07) is 7.02. The van der Waals surface area contributed by atoms with E-state index in [9.17, 15) is 13.2 Å². The number of nitrogens with zero attached hydrogens (tertiary/aromatic N) is 3. The maximum absolute atomic E-state index is 12.6. The van der Waals surface area contributed by atoms with Crippen molar-refractivity contribution in [1.29, 1.82) is 0 Å². The number of imidazole rings is 1. The van der Waals surface area contributed by atoms with Gasteiger partial charge in [-0.3, -0.25) is 4.79 Å². The van der Waals surface area contributed by atoms with E-state index >= 15 is 0 Å². The summed E-state index contributed by atoms with van der Waals surface area (Å²) in [5, 5.41) is 0.0589. The predicted molar refractivity (Wildman–Crippen MR) is 97.0 cm³/mol. The molecule has 0 aliphatic carbocycles.